The van der Waals surface area contributed by atoms with E-state index in [9.17, 15) is 5.11 Å². The number of hydroxylamine groups is 1. The lowest BCUT2D eigenvalue weighted by molar-refractivity contribution is 0.161. The Hall–Kier alpha value is -0.580. The van der Waals surface area contributed by atoms with Gasteiger partial charge in [-0.05, 0) is 87.1 Å². The molecule has 0 saturated carbocycles. The van der Waals surface area contributed by atoms with Crippen molar-refractivity contribution in [2.75, 3.05) is 0 Å². The molecule has 0 fully saturated rings. The third-order valence-corrected chi connectivity index (χ3v) is 4.00. The van der Waals surface area contributed by atoms with Gasteiger partial charge >= 0.3 is 0 Å². The second kappa shape index (κ2) is 6.73. The van der Waals surface area contributed by atoms with Crippen molar-refractivity contribution < 1.29 is 15.1 Å². The monoisotopic (exact) mass is 483 g/mol. The van der Waals surface area contributed by atoms with Crippen LogP contribution in [-0.2, 0) is 6.54 Å². The molecule has 2 aromatic rings. The Labute approximate surface area is 138 Å². The summed E-state index contributed by atoms with van der Waals surface area (Å²) in [5.41, 5.74) is 3.12. The minimum absolute atomic E-state index is 0.209. The summed E-state index contributed by atoms with van der Waals surface area (Å²) >= 11 is 4.39. The molecular weight excluding hydrogens is 472 g/mol. The van der Waals surface area contributed by atoms with Gasteiger partial charge in [-0.1, -0.05) is 0 Å². The fourth-order valence-corrected chi connectivity index (χ4v) is 3.65. The van der Waals surface area contributed by atoms with E-state index in [2.05, 4.69) is 50.7 Å². The van der Waals surface area contributed by atoms with E-state index in [1.54, 1.807) is 24.3 Å². The quantitative estimate of drug-likeness (QED) is 0.457. The molecule has 3 N–H and O–H groups in total. The van der Waals surface area contributed by atoms with Gasteiger partial charge in [0.15, 0.2) is 5.75 Å². The van der Waals surface area contributed by atoms with Gasteiger partial charge < -0.3 is 15.1 Å². The minimum Gasteiger partial charge on any atom is -0.508 e. The highest BCUT2D eigenvalue weighted by atomic mass is 127. The van der Waals surface area contributed by atoms with Gasteiger partial charge in [-0.25, -0.2) is 5.48 Å². The zero-order valence-electron chi connectivity index (χ0n) is 9.73. The number of phenols is 1. The maximum atomic E-state index is 9.24. The Bertz CT molecular complexity index is 550. The largest absolute Gasteiger partial charge is 0.508 e. The standard InChI is InChI=1S/C13H11I2NO3/c14-11-5-8(7-16-18)6-12(15)13(11)19-10-3-1-9(17)2-4-10/h1-6,16-18H,7H2. The molecule has 19 heavy (non-hydrogen) atoms. The molecule has 0 atom stereocenters. The van der Waals surface area contributed by atoms with Crippen LogP contribution in [0.15, 0.2) is 36.4 Å². The van der Waals surface area contributed by atoms with Crippen molar-refractivity contribution in [1.29, 1.82) is 0 Å². The number of halogens is 2. The van der Waals surface area contributed by atoms with Crippen LogP contribution in [0.5, 0.6) is 17.2 Å². The Morgan fingerprint density at radius 2 is 1.63 bits per heavy atom. The summed E-state index contributed by atoms with van der Waals surface area (Å²) in [5, 5.41) is 18.0. The third-order valence-electron chi connectivity index (χ3n) is 2.40. The van der Waals surface area contributed by atoms with E-state index >= 15 is 0 Å². The smallest absolute Gasteiger partial charge is 0.154 e. The van der Waals surface area contributed by atoms with Crippen LogP contribution in [-0.4, -0.2) is 10.3 Å². The molecule has 0 saturated heterocycles. The summed E-state index contributed by atoms with van der Waals surface area (Å²) in [6.07, 6.45) is 0. The van der Waals surface area contributed by atoms with Crippen LogP contribution in [0.25, 0.3) is 0 Å². The molecular formula is C13H11I2NO3. The molecule has 2 aromatic carbocycles. The highest BCUT2D eigenvalue weighted by molar-refractivity contribution is 14.1. The van der Waals surface area contributed by atoms with Gasteiger partial charge in [0.25, 0.3) is 0 Å². The number of phenolic OH excluding ortho intramolecular Hbond substituents is 1. The van der Waals surface area contributed by atoms with E-state index in [0.29, 0.717) is 12.3 Å². The number of aromatic hydroxyl groups is 1. The van der Waals surface area contributed by atoms with Crippen molar-refractivity contribution in [2.45, 2.75) is 6.54 Å². The molecule has 6 heteroatoms. The van der Waals surface area contributed by atoms with E-state index in [1.165, 1.54) is 0 Å². The SMILES string of the molecule is ONCc1cc(I)c(Oc2ccc(O)cc2)c(I)c1. The first kappa shape index (κ1) is 14.8. The summed E-state index contributed by atoms with van der Waals surface area (Å²) in [6.45, 7) is 0.394. The molecule has 0 heterocycles. The second-order valence-electron chi connectivity index (χ2n) is 3.82. The second-order valence-corrected chi connectivity index (χ2v) is 6.14. The van der Waals surface area contributed by atoms with Gasteiger partial charge in [-0.15, -0.1) is 0 Å². The zero-order valence-corrected chi connectivity index (χ0v) is 14.0. The topological polar surface area (TPSA) is 61.7 Å². The summed E-state index contributed by atoms with van der Waals surface area (Å²) in [6, 6.07) is 10.5. The normalized spacial score (nSPS) is 10.5. The van der Waals surface area contributed by atoms with Crippen LogP contribution >= 0.6 is 45.2 Å². The summed E-state index contributed by atoms with van der Waals surface area (Å²) in [4.78, 5) is 0. The first-order chi connectivity index (χ1) is 9.10. The molecule has 100 valence electrons. The predicted molar refractivity (Wildman–Crippen MR) is 88.7 cm³/mol. The number of hydrogen-bond donors (Lipinski definition) is 3. The molecule has 0 aliphatic carbocycles. The first-order valence-electron chi connectivity index (χ1n) is 5.42. The minimum atomic E-state index is 0.209. The molecule has 4 nitrogen and oxygen atoms in total. The average molecular weight is 483 g/mol. The average Bonchev–Trinajstić information content (AvgIpc) is 2.36. The molecule has 0 radical (unpaired) electrons. The molecule has 0 aromatic heterocycles. The molecule has 2 rings (SSSR count). The lowest BCUT2D eigenvalue weighted by atomic mass is 10.2. The van der Waals surface area contributed by atoms with Gasteiger partial charge in [-0.3, -0.25) is 0 Å². The summed E-state index contributed by atoms with van der Waals surface area (Å²) < 4.78 is 7.74. The third kappa shape index (κ3) is 3.94. The molecule has 0 aliphatic rings. The van der Waals surface area contributed by atoms with E-state index in [-0.39, 0.29) is 5.75 Å². The number of rotatable bonds is 4. The van der Waals surface area contributed by atoms with E-state index in [1.807, 2.05) is 12.1 Å². The Kier molecular flexibility index (Phi) is 5.25. The summed E-state index contributed by atoms with van der Waals surface area (Å²) in [5.74, 6) is 1.65. The van der Waals surface area contributed by atoms with Crippen molar-refractivity contribution in [2.24, 2.45) is 0 Å². The number of hydrogen-bond acceptors (Lipinski definition) is 4. The van der Waals surface area contributed by atoms with Crippen LogP contribution < -0.4 is 10.2 Å². The molecule has 0 spiro atoms. The van der Waals surface area contributed by atoms with Gasteiger partial charge in [0, 0.05) is 6.54 Å². The van der Waals surface area contributed by atoms with E-state index in [0.717, 1.165) is 18.5 Å². The van der Waals surface area contributed by atoms with Crippen molar-refractivity contribution >= 4 is 45.2 Å². The number of benzene rings is 2. The summed E-state index contributed by atoms with van der Waals surface area (Å²) in [7, 11) is 0. The number of ether oxygens (including phenoxy) is 1. The maximum Gasteiger partial charge on any atom is 0.154 e. The van der Waals surface area contributed by atoms with Crippen molar-refractivity contribution in [3.05, 3.63) is 49.1 Å². The van der Waals surface area contributed by atoms with E-state index < -0.39 is 0 Å². The lowest BCUT2D eigenvalue weighted by Gasteiger charge is -2.12. The van der Waals surface area contributed by atoms with Crippen LogP contribution in [0.4, 0.5) is 0 Å². The van der Waals surface area contributed by atoms with Crippen LogP contribution in [0, 0.1) is 7.14 Å². The fraction of sp³-hybridized carbons (Fsp3) is 0.0769. The van der Waals surface area contributed by atoms with E-state index in [4.69, 9.17) is 9.94 Å². The first-order valence-corrected chi connectivity index (χ1v) is 7.57. The van der Waals surface area contributed by atoms with Gasteiger partial charge in [0.05, 0.1) is 7.14 Å². The molecule has 0 amide bonds. The highest BCUT2D eigenvalue weighted by Crippen LogP contribution is 2.33. The Balaban J connectivity index is 2.27. The molecule has 0 unspecified atom stereocenters. The van der Waals surface area contributed by atoms with Crippen LogP contribution in [0.2, 0.25) is 0 Å². The zero-order chi connectivity index (χ0) is 13.8. The highest BCUT2D eigenvalue weighted by Gasteiger charge is 2.10. The van der Waals surface area contributed by atoms with Gasteiger partial charge in [0.1, 0.15) is 11.5 Å². The fourth-order valence-electron chi connectivity index (χ4n) is 1.54. The lowest BCUT2D eigenvalue weighted by Crippen LogP contribution is -2.07. The van der Waals surface area contributed by atoms with Crippen molar-refractivity contribution in [3.63, 3.8) is 0 Å². The predicted octanol–water partition coefficient (Wildman–Crippen LogP) is 3.87. The van der Waals surface area contributed by atoms with Crippen LogP contribution in [0.3, 0.4) is 0 Å². The van der Waals surface area contributed by atoms with Gasteiger partial charge in [0.2, 0.25) is 0 Å². The van der Waals surface area contributed by atoms with Gasteiger partial charge in [-0.2, -0.15) is 0 Å². The molecule has 0 aliphatic heterocycles. The number of nitrogens with one attached hydrogen (secondary N) is 1. The Morgan fingerprint density at radius 3 is 2.16 bits per heavy atom. The Morgan fingerprint density at radius 1 is 1.05 bits per heavy atom. The molecule has 0 bridgehead atoms. The van der Waals surface area contributed by atoms with Crippen molar-refractivity contribution in [1.82, 2.24) is 5.48 Å². The van der Waals surface area contributed by atoms with Crippen LogP contribution in [0.1, 0.15) is 5.56 Å². The van der Waals surface area contributed by atoms with Crippen molar-refractivity contribution in [3.8, 4) is 17.2 Å². The maximum absolute atomic E-state index is 9.24.